The number of rotatable bonds is 9. The molecule has 176 valence electrons. The third kappa shape index (κ3) is 7.70. The van der Waals surface area contributed by atoms with E-state index in [4.69, 9.17) is 13.9 Å². The summed E-state index contributed by atoms with van der Waals surface area (Å²) in [5.74, 6) is 2.46. The Hall–Kier alpha value is -3.21. The summed E-state index contributed by atoms with van der Waals surface area (Å²) in [6.07, 6.45) is 1.58. The number of ether oxygens (including phenoxy) is 2. The van der Waals surface area contributed by atoms with Crippen LogP contribution in [0.1, 0.15) is 28.6 Å². The molecule has 0 bridgehead atoms. The number of benzene rings is 2. The molecule has 0 unspecified atom stereocenters. The van der Waals surface area contributed by atoms with Gasteiger partial charge in [-0.25, -0.2) is 0 Å². The number of nitrogens with one attached hydrogen (secondary N) is 3. The first kappa shape index (κ1) is 26.0. The molecular weight excluding hydrogens is 535 g/mol. The minimum atomic E-state index is -0.160. The van der Waals surface area contributed by atoms with Crippen molar-refractivity contribution in [3.63, 3.8) is 0 Å². The van der Waals surface area contributed by atoms with Gasteiger partial charge in [0, 0.05) is 30.9 Å². The van der Waals surface area contributed by atoms with Crippen molar-refractivity contribution in [3.05, 3.63) is 77.7 Å². The molecule has 0 aliphatic carbocycles. The van der Waals surface area contributed by atoms with E-state index in [0.717, 1.165) is 11.3 Å². The van der Waals surface area contributed by atoms with E-state index >= 15 is 0 Å². The van der Waals surface area contributed by atoms with Crippen LogP contribution in [0.5, 0.6) is 11.5 Å². The van der Waals surface area contributed by atoms with E-state index in [1.807, 2.05) is 49.4 Å². The Morgan fingerprint density at radius 1 is 1.03 bits per heavy atom. The fourth-order valence-electron chi connectivity index (χ4n) is 3.03. The Morgan fingerprint density at radius 2 is 1.88 bits per heavy atom. The number of carbonyl (C=O) groups is 1. The maximum absolute atomic E-state index is 12.4. The van der Waals surface area contributed by atoms with Crippen molar-refractivity contribution >= 4 is 41.5 Å². The van der Waals surface area contributed by atoms with Crippen LogP contribution in [0.3, 0.4) is 0 Å². The lowest BCUT2D eigenvalue weighted by Gasteiger charge is -2.15. The van der Waals surface area contributed by atoms with E-state index in [1.165, 1.54) is 0 Å². The molecule has 3 N–H and O–H groups in total. The van der Waals surface area contributed by atoms with Gasteiger partial charge in [-0.15, -0.1) is 24.0 Å². The predicted molar refractivity (Wildman–Crippen MR) is 140 cm³/mol. The molecule has 1 amide bonds. The topological polar surface area (TPSA) is 97.1 Å². The summed E-state index contributed by atoms with van der Waals surface area (Å²) in [5, 5.41) is 9.33. The molecule has 0 aliphatic rings. The summed E-state index contributed by atoms with van der Waals surface area (Å²) >= 11 is 0. The first-order valence-electron chi connectivity index (χ1n) is 10.3. The Balaban J connectivity index is 0.00000385. The molecule has 3 rings (SSSR count). The van der Waals surface area contributed by atoms with Crippen molar-refractivity contribution < 1.29 is 18.7 Å². The molecule has 8 nitrogen and oxygen atoms in total. The zero-order chi connectivity index (χ0) is 22.8. The number of hydrogen-bond acceptors (Lipinski definition) is 5. The average molecular weight is 564 g/mol. The van der Waals surface area contributed by atoms with E-state index in [0.29, 0.717) is 48.5 Å². The first-order chi connectivity index (χ1) is 15.6. The Labute approximate surface area is 210 Å². The van der Waals surface area contributed by atoms with Crippen molar-refractivity contribution in [3.8, 4) is 11.5 Å². The minimum Gasteiger partial charge on any atom is -0.493 e. The lowest BCUT2D eigenvalue weighted by molar-refractivity contribution is 0.0948. The summed E-state index contributed by atoms with van der Waals surface area (Å²) in [6.45, 7) is 3.32. The van der Waals surface area contributed by atoms with Crippen LogP contribution in [0.2, 0.25) is 0 Å². The number of anilines is 1. The summed E-state index contributed by atoms with van der Waals surface area (Å²) in [4.78, 5) is 16.7. The monoisotopic (exact) mass is 564 g/mol. The van der Waals surface area contributed by atoms with E-state index in [-0.39, 0.29) is 29.9 Å². The highest BCUT2D eigenvalue weighted by Gasteiger charge is 2.09. The Kier molecular flexibility index (Phi) is 10.5. The molecule has 3 aromatic rings. The fourth-order valence-corrected chi connectivity index (χ4v) is 3.03. The Morgan fingerprint density at radius 3 is 2.58 bits per heavy atom. The van der Waals surface area contributed by atoms with Gasteiger partial charge in [0.25, 0.3) is 5.91 Å². The smallest absolute Gasteiger partial charge is 0.251 e. The number of nitrogens with zero attached hydrogens (tertiary/aromatic N) is 1. The van der Waals surface area contributed by atoms with Gasteiger partial charge in [-0.05, 0) is 48.9 Å². The van der Waals surface area contributed by atoms with Crippen LogP contribution >= 0.6 is 24.0 Å². The number of aliphatic imine (C=N–C) groups is 1. The van der Waals surface area contributed by atoms with Crippen LogP contribution in [-0.2, 0) is 13.1 Å². The molecule has 1 aromatic heterocycles. The van der Waals surface area contributed by atoms with Crippen molar-refractivity contribution in [1.29, 1.82) is 0 Å². The van der Waals surface area contributed by atoms with E-state index in [9.17, 15) is 4.79 Å². The van der Waals surface area contributed by atoms with E-state index in [1.54, 1.807) is 32.6 Å². The van der Waals surface area contributed by atoms with Crippen LogP contribution < -0.4 is 25.4 Å². The van der Waals surface area contributed by atoms with Gasteiger partial charge in [-0.2, -0.15) is 0 Å². The zero-order valence-corrected chi connectivity index (χ0v) is 21.2. The lowest BCUT2D eigenvalue weighted by atomic mass is 10.1. The van der Waals surface area contributed by atoms with Crippen molar-refractivity contribution in [1.82, 2.24) is 10.6 Å². The quantitative estimate of drug-likeness (QED) is 0.202. The second kappa shape index (κ2) is 13.4. The van der Waals surface area contributed by atoms with Gasteiger partial charge in [-0.1, -0.05) is 12.1 Å². The van der Waals surface area contributed by atoms with Crippen LogP contribution in [-0.4, -0.2) is 32.6 Å². The number of carbonyl (C=O) groups excluding carboxylic acids is 1. The summed E-state index contributed by atoms with van der Waals surface area (Å²) in [7, 11) is 3.30. The lowest BCUT2D eigenvalue weighted by Crippen LogP contribution is -2.30. The second-order valence-electron chi connectivity index (χ2n) is 6.81. The Bertz CT molecular complexity index is 1050. The first-order valence-corrected chi connectivity index (χ1v) is 10.3. The summed E-state index contributed by atoms with van der Waals surface area (Å²) < 4.78 is 16.2. The standard InChI is InChI=1S/C24H28N4O4.HI/c1-4-31-21-11-10-19(14-22(21)30-3)28-24(25-2)27-15-17-7-5-8-18(13-17)23(29)26-16-20-9-6-12-32-20;/h5-14H,4,15-16H2,1-3H3,(H,26,29)(H2,25,27,28);1H. The minimum absolute atomic E-state index is 0. The molecule has 0 aliphatic heterocycles. The van der Waals surface area contributed by atoms with Gasteiger partial charge in [0.15, 0.2) is 17.5 Å². The normalized spacial score (nSPS) is 10.7. The largest absolute Gasteiger partial charge is 0.493 e. The molecule has 0 fully saturated rings. The van der Waals surface area contributed by atoms with Crippen LogP contribution in [0.15, 0.2) is 70.3 Å². The number of guanidine groups is 1. The SMILES string of the molecule is CCOc1ccc(NC(=NC)NCc2cccc(C(=O)NCc3ccco3)c2)cc1OC.I. The van der Waals surface area contributed by atoms with Crippen molar-refractivity contribution in [2.45, 2.75) is 20.0 Å². The number of amides is 1. The fraction of sp³-hybridized carbons (Fsp3) is 0.250. The number of halogens is 1. The van der Waals surface area contributed by atoms with E-state index < -0.39 is 0 Å². The van der Waals surface area contributed by atoms with Gasteiger partial charge >= 0.3 is 0 Å². The molecule has 0 radical (unpaired) electrons. The van der Waals surface area contributed by atoms with Gasteiger partial charge in [0.1, 0.15) is 5.76 Å². The number of hydrogen-bond donors (Lipinski definition) is 3. The maximum Gasteiger partial charge on any atom is 0.251 e. The molecular formula is C24H29IN4O4. The van der Waals surface area contributed by atoms with Crippen LogP contribution in [0.4, 0.5) is 5.69 Å². The zero-order valence-electron chi connectivity index (χ0n) is 18.9. The van der Waals surface area contributed by atoms with Gasteiger partial charge in [0.05, 0.1) is 26.5 Å². The van der Waals surface area contributed by atoms with Crippen LogP contribution in [0, 0.1) is 0 Å². The molecule has 1 heterocycles. The highest BCUT2D eigenvalue weighted by molar-refractivity contribution is 14.0. The highest BCUT2D eigenvalue weighted by Crippen LogP contribution is 2.30. The van der Waals surface area contributed by atoms with Gasteiger partial charge < -0.3 is 29.8 Å². The highest BCUT2D eigenvalue weighted by atomic mass is 127. The molecule has 0 saturated carbocycles. The maximum atomic E-state index is 12.4. The number of furan rings is 1. The third-order valence-corrected chi connectivity index (χ3v) is 4.60. The molecule has 0 spiro atoms. The van der Waals surface area contributed by atoms with E-state index in [2.05, 4.69) is 20.9 Å². The summed E-state index contributed by atoms with van der Waals surface area (Å²) in [6, 6.07) is 16.6. The predicted octanol–water partition coefficient (Wildman–Crippen LogP) is 4.42. The van der Waals surface area contributed by atoms with Crippen molar-refractivity contribution in [2.24, 2.45) is 4.99 Å². The molecule has 0 atom stereocenters. The molecule has 0 saturated heterocycles. The van der Waals surface area contributed by atoms with Gasteiger partial charge in [-0.3, -0.25) is 9.79 Å². The second-order valence-corrected chi connectivity index (χ2v) is 6.81. The van der Waals surface area contributed by atoms with Crippen LogP contribution in [0.25, 0.3) is 0 Å². The molecule has 9 heteroatoms. The van der Waals surface area contributed by atoms with Crippen molar-refractivity contribution in [2.75, 3.05) is 26.1 Å². The average Bonchev–Trinajstić information content (AvgIpc) is 3.35. The summed E-state index contributed by atoms with van der Waals surface area (Å²) in [5.41, 5.74) is 2.34. The molecule has 2 aromatic carbocycles. The third-order valence-electron chi connectivity index (χ3n) is 4.60. The number of methoxy groups -OCH3 is 1. The molecule has 33 heavy (non-hydrogen) atoms. The van der Waals surface area contributed by atoms with Gasteiger partial charge in [0.2, 0.25) is 0 Å².